The summed E-state index contributed by atoms with van der Waals surface area (Å²) >= 11 is 0. The molecule has 5 heteroatoms. The Labute approximate surface area is 108 Å². The Morgan fingerprint density at radius 3 is 2.76 bits per heavy atom. The Bertz CT molecular complexity index is 345. The number of amides is 1. The van der Waals surface area contributed by atoms with Crippen LogP contribution in [0, 0.1) is 6.92 Å². The smallest absolute Gasteiger partial charge is 0.257 e. The zero-order chi connectivity index (χ0) is 11.8. The summed E-state index contributed by atoms with van der Waals surface area (Å²) in [6, 6.07) is 7.64. The Kier molecular flexibility index (Phi) is 8.19. The molecule has 1 aromatic carbocycles. The molecule has 1 amide bonds. The number of likely N-dealkylation sites (N-methyl/N-ethyl adjacent to an activating group) is 1. The molecule has 17 heavy (non-hydrogen) atoms. The predicted octanol–water partition coefficient (Wildman–Crippen LogP) is 1.13. The van der Waals surface area contributed by atoms with Crippen LogP contribution in [-0.4, -0.2) is 32.7 Å². The molecule has 0 atom stereocenters. The molecule has 2 N–H and O–H groups in total. The summed E-state index contributed by atoms with van der Waals surface area (Å²) < 4.78 is 5.35. The maximum Gasteiger partial charge on any atom is 0.257 e. The average Bonchev–Trinajstić information content (AvgIpc) is 2.27. The summed E-state index contributed by atoms with van der Waals surface area (Å²) in [5.74, 6) is 0.625. The molecule has 0 aliphatic heterocycles. The Morgan fingerprint density at radius 2 is 2.12 bits per heavy atom. The molecule has 1 rings (SSSR count). The van der Waals surface area contributed by atoms with E-state index in [0.717, 1.165) is 17.9 Å². The van der Waals surface area contributed by atoms with Gasteiger partial charge in [0.2, 0.25) is 0 Å². The van der Waals surface area contributed by atoms with Crippen molar-refractivity contribution in [3.8, 4) is 5.75 Å². The van der Waals surface area contributed by atoms with Gasteiger partial charge in [-0.2, -0.15) is 0 Å². The first kappa shape index (κ1) is 15.7. The fourth-order valence-corrected chi connectivity index (χ4v) is 1.23. The normalized spacial score (nSPS) is 9.29. The van der Waals surface area contributed by atoms with Crippen LogP contribution in [0.5, 0.6) is 5.75 Å². The third-order valence-corrected chi connectivity index (χ3v) is 2.06. The summed E-state index contributed by atoms with van der Waals surface area (Å²) in [6.45, 7) is 3.43. The van der Waals surface area contributed by atoms with Gasteiger partial charge in [0.1, 0.15) is 5.75 Å². The quantitative estimate of drug-likeness (QED) is 0.753. The molecule has 4 nitrogen and oxygen atoms in total. The standard InChI is InChI=1S/C12H18N2O2.ClH/c1-10-4-3-5-11(8-10)16-9-12(15)14-7-6-13-2;/h3-5,8,13H,6-7,9H2,1-2H3,(H,14,15);1H. The van der Waals surface area contributed by atoms with Crippen LogP contribution in [0.3, 0.4) is 0 Å². The van der Waals surface area contributed by atoms with Crippen LogP contribution in [0.25, 0.3) is 0 Å². The Hall–Kier alpha value is -1.26. The fourth-order valence-electron chi connectivity index (χ4n) is 1.23. The van der Waals surface area contributed by atoms with E-state index in [9.17, 15) is 4.79 Å². The highest BCUT2D eigenvalue weighted by molar-refractivity contribution is 5.85. The molecule has 0 aliphatic carbocycles. The first-order valence-corrected chi connectivity index (χ1v) is 5.33. The molecular weight excluding hydrogens is 240 g/mol. The van der Waals surface area contributed by atoms with E-state index in [2.05, 4.69) is 10.6 Å². The third-order valence-electron chi connectivity index (χ3n) is 2.06. The molecule has 0 aliphatic rings. The molecule has 0 bridgehead atoms. The molecule has 0 heterocycles. The van der Waals surface area contributed by atoms with E-state index in [1.807, 2.05) is 38.2 Å². The molecule has 96 valence electrons. The minimum Gasteiger partial charge on any atom is -0.484 e. The number of aryl methyl sites for hydroxylation is 1. The number of carbonyl (C=O) groups is 1. The van der Waals surface area contributed by atoms with Crippen molar-refractivity contribution in [3.63, 3.8) is 0 Å². The number of ether oxygens (including phenoxy) is 1. The van der Waals surface area contributed by atoms with Crippen molar-refractivity contribution in [2.45, 2.75) is 6.92 Å². The Morgan fingerprint density at radius 1 is 1.35 bits per heavy atom. The number of hydrogen-bond acceptors (Lipinski definition) is 3. The van der Waals surface area contributed by atoms with Crippen molar-refractivity contribution < 1.29 is 9.53 Å². The lowest BCUT2D eigenvalue weighted by Gasteiger charge is -2.07. The van der Waals surface area contributed by atoms with Gasteiger partial charge in [0.15, 0.2) is 6.61 Å². The second-order valence-corrected chi connectivity index (χ2v) is 3.56. The van der Waals surface area contributed by atoms with Gasteiger partial charge in [-0.25, -0.2) is 0 Å². The fraction of sp³-hybridized carbons (Fsp3) is 0.417. The molecule has 0 unspecified atom stereocenters. The van der Waals surface area contributed by atoms with Crippen LogP contribution in [-0.2, 0) is 4.79 Å². The van der Waals surface area contributed by atoms with Crippen molar-refractivity contribution in [2.75, 3.05) is 26.7 Å². The Balaban J connectivity index is 0.00000256. The number of carbonyl (C=O) groups excluding carboxylic acids is 1. The van der Waals surface area contributed by atoms with Gasteiger partial charge < -0.3 is 15.4 Å². The van der Waals surface area contributed by atoms with E-state index in [4.69, 9.17) is 4.74 Å². The van der Waals surface area contributed by atoms with E-state index < -0.39 is 0 Å². The first-order valence-electron chi connectivity index (χ1n) is 5.33. The van der Waals surface area contributed by atoms with Gasteiger partial charge in [-0.15, -0.1) is 12.4 Å². The largest absolute Gasteiger partial charge is 0.484 e. The molecule has 0 saturated heterocycles. The van der Waals surface area contributed by atoms with Crippen molar-refractivity contribution in [1.29, 1.82) is 0 Å². The number of nitrogens with one attached hydrogen (secondary N) is 2. The van der Waals surface area contributed by atoms with Gasteiger partial charge in [0.25, 0.3) is 5.91 Å². The topological polar surface area (TPSA) is 50.4 Å². The first-order chi connectivity index (χ1) is 7.72. The summed E-state index contributed by atoms with van der Waals surface area (Å²) in [6.07, 6.45) is 0. The molecule has 0 spiro atoms. The summed E-state index contributed by atoms with van der Waals surface area (Å²) in [7, 11) is 1.84. The van der Waals surface area contributed by atoms with E-state index >= 15 is 0 Å². The molecule has 0 fully saturated rings. The monoisotopic (exact) mass is 258 g/mol. The lowest BCUT2D eigenvalue weighted by molar-refractivity contribution is -0.123. The van der Waals surface area contributed by atoms with Gasteiger partial charge in [0.05, 0.1) is 0 Å². The highest BCUT2D eigenvalue weighted by Crippen LogP contribution is 2.11. The summed E-state index contributed by atoms with van der Waals surface area (Å²) in [4.78, 5) is 11.3. The van der Waals surface area contributed by atoms with E-state index in [1.54, 1.807) is 0 Å². The van der Waals surface area contributed by atoms with Crippen LogP contribution in [0.1, 0.15) is 5.56 Å². The SMILES string of the molecule is CNCCNC(=O)COc1cccc(C)c1.Cl. The van der Waals surface area contributed by atoms with Crippen molar-refractivity contribution in [2.24, 2.45) is 0 Å². The highest BCUT2D eigenvalue weighted by atomic mass is 35.5. The van der Waals surface area contributed by atoms with Gasteiger partial charge >= 0.3 is 0 Å². The predicted molar refractivity (Wildman–Crippen MR) is 70.9 cm³/mol. The van der Waals surface area contributed by atoms with Gasteiger partial charge in [0, 0.05) is 13.1 Å². The second-order valence-electron chi connectivity index (χ2n) is 3.56. The minimum absolute atomic E-state index is 0. The molecule has 0 radical (unpaired) electrons. The summed E-state index contributed by atoms with van der Waals surface area (Å²) in [5.41, 5.74) is 1.12. The average molecular weight is 259 g/mol. The van der Waals surface area contributed by atoms with E-state index in [-0.39, 0.29) is 24.9 Å². The molecule has 0 aromatic heterocycles. The maximum absolute atomic E-state index is 11.3. The minimum atomic E-state index is -0.100. The van der Waals surface area contributed by atoms with Crippen molar-refractivity contribution in [3.05, 3.63) is 29.8 Å². The van der Waals surface area contributed by atoms with E-state index in [0.29, 0.717) is 6.54 Å². The molecule has 1 aromatic rings. The third kappa shape index (κ3) is 6.81. The van der Waals surface area contributed by atoms with E-state index in [1.165, 1.54) is 0 Å². The van der Waals surface area contributed by atoms with Gasteiger partial charge in [-0.3, -0.25) is 4.79 Å². The van der Waals surface area contributed by atoms with Crippen LogP contribution in [0.2, 0.25) is 0 Å². The van der Waals surface area contributed by atoms with Crippen LogP contribution in [0.4, 0.5) is 0 Å². The highest BCUT2D eigenvalue weighted by Gasteiger charge is 2.01. The number of hydrogen-bond donors (Lipinski definition) is 2. The van der Waals surface area contributed by atoms with Crippen LogP contribution >= 0.6 is 12.4 Å². The maximum atomic E-state index is 11.3. The number of halogens is 1. The van der Waals surface area contributed by atoms with Gasteiger partial charge in [-0.05, 0) is 31.7 Å². The van der Waals surface area contributed by atoms with Crippen LogP contribution < -0.4 is 15.4 Å². The van der Waals surface area contributed by atoms with Gasteiger partial charge in [-0.1, -0.05) is 12.1 Å². The number of benzene rings is 1. The number of rotatable bonds is 6. The molecule has 0 saturated carbocycles. The summed E-state index contributed by atoms with van der Waals surface area (Å²) in [5, 5.41) is 5.69. The lowest BCUT2D eigenvalue weighted by atomic mass is 10.2. The molecular formula is C12H19ClN2O2. The zero-order valence-electron chi connectivity index (χ0n) is 10.2. The lowest BCUT2D eigenvalue weighted by Crippen LogP contribution is -2.33. The van der Waals surface area contributed by atoms with Crippen molar-refractivity contribution in [1.82, 2.24) is 10.6 Å². The van der Waals surface area contributed by atoms with Crippen molar-refractivity contribution >= 4 is 18.3 Å². The zero-order valence-corrected chi connectivity index (χ0v) is 11.0. The second kappa shape index (κ2) is 8.84. The van der Waals surface area contributed by atoms with Crippen LogP contribution in [0.15, 0.2) is 24.3 Å².